The van der Waals surface area contributed by atoms with Crippen LogP contribution < -0.4 is 15.8 Å². The van der Waals surface area contributed by atoms with E-state index in [-0.39, 0.29) is 6.09 Å². The van der Waals surface area contributed by atoms with Crippen LogP contribution in [0.15, 0.2) is 29.5 Å². The fourth-order valence-corrected chi connectivity index (χ4v) is 4.09. The maximum absolute atomic E-state index is 10.9. The number of alkyl carbamates (subject to hydrolysis) is 1. The van der Waals surface area contributed by atoms with Gasteiger partial charge in [-0.15, -0.1) is 0 Å². The molecule has 10 heteroatoms. The number of benzene rings is 1. The van der Waals surface area contributed by atoms with Crippen molar-refractivity contribution in [3.63, 3.8) is 0 Å². The van der Waals surface area contributed by atoms with E-state index in [2.05, 4.69) is 15.4 Å². The number of aromatic nitrogens is 2. The van der Waals surface area contributed by atoms with Gasteiger partial charge in [0.25, 0.3) is 0 Å². The smallest absolute Gasteiger partial charge is 0.407 e. The summed E-state index contributed by atoms with van der Waals surface area (Å²) in [6, 6.07) is 3.63. The van der Waals surface area contributed by atoms with Crippen LogP contribution in [0.4, 0.5) is 15.3 Å². The number of ether oxygens (including phenoxy) is 2. The first-order valence-corrected chi connectivity index (χ1v) is 10.1. The van der Waals surface area contributed by atoms with E-state index in [9.17, 15) is 9.59 Å². The Morgan fingerprint density at radius 2 is 2.10 bits per heavy atom. The Morgan fingerprint density at radius 3 is 2.68 bits per heavy atom. The zero-order valence-electron chi connectivity index (χ0n) is 17.6. The lowest BCUT2D eigenvalue weighted by atomic mass is 9.92. The number of amides is 3. The minimum atomic E-state index is -0.405. The van der Waals surface area contributed by atoms with Crippen molar-refractivity contribution in [2.75, 3.05) is 26.7 Å². The van der Waals surface area contributed by atoms with Gasteiger partial charge < -0.3 is 25.4 Å². The summed E-state index contributed by atoms with van der Waals surface area (Å²) >= 11 is 0. The van der Waals surface area contributed by atoms with Crippen molar-refractivity contribution < 1.29 is 19.1 Å². The van der Waals surface area contributed by atoms with Gasteiger partial charge in [-0.3, -0.25) is 9.67 Å². The van der Waals surface area contributed by atoms with Crippen LogP contribution in [0.2, 0.25) is 0 Å². The van der Waals surface area contributed by atoms with Gasteiger partial charge in [-0.25, -0.2) is 9.59 Å². The number of nitrogens with one attached hydrogen (secondary N) is 1. The summed E-state index contributed by atoms with van der Waals surface area (Å²) < 4.78 is 12.3. The Balaban J connectivity index is 0.000000152. The predicted octanol–water partition coefficient (Wildman–Crippen LogP) is 1.99. The molecule has 5 rings (SSSR count). The van der Waals surface area contributed by atoms with Crippen molar-refractivity contribution in [1.82, 2.24) is 20.0 Å². The van der Waals surface area contributed by atoms with Crippen LogP contribution in [0.5, 0.6) is 5.75 Å². The van der Waals surface area contributed by atoms with Crippen LogP contribution in [0.3, 0.4) is 0 Å². The average molecular weight is 426 g/mol. The molecule has 0 atom stereocenters. The highest BCUT2D eigenvalue weighted by atomic mass is 16.6. The summed E-state index contributed by atoms with van der Waals surface area (Å²) in [5.41, 5.74) is 9.12. The Bertz CT molecular complexity index is 1020. The first-order chi connectivity index (χ1) is 14.9. The number of carbonyl (C=O) groups excluding carboxylic acids is 2. The topological polar surface area (TPSA) is 124 Å². The number of rotatable bonds is 2. The van der Waals surface area contributed by atoms with Crippen LogP contribution in [-0.4, -0.2) is 65.4 Å². The zero-order chi connectivity index (χ0) is 22.0. The number of carbonyl (C=O) groups is 2. The van der Waals surface area contributed by atoms with E-state index < -0.39 is 11.6 Å². The highest BCUT2D eigenvalue weighted by Crippen LogP contribution is 2.40. The highest BCUT2D eigenvalue weighted by molar-refractivity contribution is 5.88. The third-order valence-electron chi connectivity index (χ3n) is 5.84. The molecule has 3 aliphatic rings. The zero-order valence-corrected chi connectivity index (χ0v) is 17.6. The molecule has 0 bridgehead atoms. The van der Waals surface area contributed by atoms with Gasteiger partial charge in [-0.1, -0.05) is 0 Å². The van der Waals surface area contributed by atoms with Gasteiger partial charge in [-0.05, 0) is 12.1 Å². The monoisotopic (exact) mass is 426 g/mol. The molecule has 1 aromatic carbocycles. The number of primary amides is 1. The summed E-state index contributed by atoms with van der Waals surface area (Å²) in [4.78, 5) is 27.8. The lowest BCUT2D eigenvalue weighted by Crippen LogP contribution is -2.50. The quantitative estimate of drug-likeness (QED) is 0.760. The highest BCUT2D eigenvalue weighted by Gasteiger charge is 2.43. The molecule has 2 fully saturated rings. The van der Waals surface area contributed by atoms with Crippen molar-refractivity contribution in [1.29, 1.82) is 0 Å². The maximum atomic E-state index is 10.9. The van der Waals surface area contributed by atoms with Gasteiger partial charge in [0.2, 0.25) is 0 Å². The number of likely N-dealkylation sites (tertiary alicyclic amines) is 1. The Hall–Kier alpha value is -3.56. The van der Waals surface area contributed by atoms with Crippen LogP contribution in [0.1, 0.15) is 18.4 Å². The number of urea groups is 1. The predicted molar refractivity (Wildman–Crippen MR) is 115 cm³/mol. The third-order valence-corrected chi connectivity index (χ3v) is 5.84. The van der Waals surface area contributed by atoms with Gasteiger partial charge in [0.05, 0.1) is 25.5 Å². The molecule has 2 saturated heterocycles. The summed E-state index contributed by atoms with van der Waals surface area (Å²) in [7, 11) is 3.61. The Kier molecular flexibility index (Phi) is 5.53. The molecule has 10 nitrogen and oxygen atoms in total. The van der Waals surface area contributed by atoms with Gasteiger partial charge in [0.15, 0.2) is 0 Å². The van der Waals surface area contributed by atoms with E-state index >= 15 is 0 Å². The molecule has 3 N–H and O–H groups in total. The molecule has 31 heavy (non-hydrogen) atoms. The van der Waals surface area contributed by atoms with E-state index in [4.69, 9.17) is 15.2 Å². The number of aryl methyl sites for hydroxylation is 1. The minimum absolute atomic E-state index is 0.363. The second-order valence-electron chi connectivity index (χ2n) is 7.81. The van der Waals surface area contributed by atoms with Crippen LogP contribution >= 0.6 is 0 Å². The third kappa shape index (κ3) is 4.18. The van der Waals surface area contributed by atoms with Crippen molar-refractivity contribution in [3.05, 3.63) is 30.1 Å². The van der Waals surface area contributed by atoms with Gasteiger partial charge >= 0.3 is 12.1 Å². The number of nitrogens with zero attached hydrogens (tertiary/aromatic N) is 4. The molecule has 0 aliphatic carbocycles. The molecule has 3 aliphatic heterocycles. The van der Waals surface area contributed by atoms with Crippen molar-refractivity contribution in [2.45, 2.75) is 24.9 Å². The molecule has 164 valence electrons. The van der Waals surface area contributed by atoms with E-state index in [1.165, 1.54) is 0 Å². The molecular weight excluding hydrogens is 400 g/mol. The molecule has 0 saturated carbocycles. The molecule has 3 amide bonds. The number of aliphatic imine (C=N–C) groups is 1. The largest absolute Gasteiger partial charge is 0.496 e. The number of hydrogen-bond acceptors (Lipinski definition) is 6. The first-order valence-electron chi connectivity index (χ1n) is 10.1. The average Bonchev–Trinajstić information content (AvgIpc) is 3.49. The first kappa shape index (κ1) is 20.7. The SMILES string of the molecule is COc1ccc(-c2cnn(C)c2)c2c1CC=N2.NC(=O)N1CCC2(CC1)CNC(=O)O2. The molecule has 1 spiro atoms. The van der Waals surface area contributed by atoms with Gasteiger partial charge in [-0.2, -0.15) is 5.10 Å². The second kappa shape index (κ2) is 8.29. The molecule has 1 aromatic heterocycles. The minimum Gasteiger partial charge on any atom is -0.496 e. The van der Waals surface area contributed by atoms with E-state index in [0.717, 1.165) is 34.5 Å². The molecule has 0 unspecified atom stereocenters. The molecule has 4 heterocycles. The summed E-state index contributed by atoms with van der Waals surface area (Å²) in [5, 5.41) is 6.82. The van der Waals surface area contributed by atoms with Crippen molar-refractivity contribution in [3.8, 4) is 16.9 Å². The van der Waals surface area contributed by atoms with Crippen molar-refractivity contribution in [2.24, 2.45) is 17.8 Å². The number of nitrogens with two attached hydrogens (primary N) is 1. The van der Waals surface area contributed by atoms with E-state index in [1.807, 2.05) is 37.8 Å². The molecule has 0 radical (unpaired) electrons. The normalized spacial score (nSPS) is 18.1. The summed E-state index contributed by atoms with van der Waals surface area (Å²) in [5.74, 6) is 0.908. The second-order valence-corrected chi connectivity index (χ2v) is 7.81. The lowest BCUT2D eigenvalue weighted by Gasteiger charge is -2.36. The number of piperidine rings is 1. The molecule has 2 aromatic rings. The van der Waals surface area contributed by atoms with Gasteiger partial charge in [0, 0.05) is 68.5 Å². The summed E-state index contributed by atoms with van der Waals surface area (Å²) in [6.45, 7) is 1.66. The van der Waals surface area contributed by atoms with Crippen LogP contribution in [0.25, 0.3) is 11.1 Å². The number of fused-ring (bicyclic) bond motifs is 1. The fraction of sp³-hybridized carbons (Fsp3) is 0.429. The van der Waals surface area contributed by atoms with Crippen molar-refractivity contribution >= 4 is 24.0 Å². The van der Waals surface area contributed by atoms with E-state index in [1.54, 1.807) is 16.7 Å². The van der Waals surface area contributed by atoms with Crippen LogP contribution in [-0.2, 0) is 18.2 Å². The van der Waals surface area contributed by atoms with Gasteiger partial charge in [0.1, 0.15) is 11.4 Å². The fourth-order valence-electron chi connectivity index (χ4n) is 4.09. The summed E-state index contributed by atoms with van der Waals surface area (Å²) in [6.07, 6.45) is 7.58. The number of hydrogen-bond donors (Lipinski definition) is 2. The molecular formula is C21H26N6O4. The lowest BCUT2D eigenvalue weighted by molar-refractivity contribution is 0.0106. The standard InChI is InChI=1S/C13H13N3O.C8H13N3O3/c1-16-8-9(7-15-16)10-3-4-12(17-2)11-5-6-14-13(10)11;9-6(12)11-3-1-8(2-4-11)5-10-7(13)14-8/h3-4,6-8H,5H2,1-2H3;1-5H2,(H2,9,12)(H,10,13). The maximum Gasteiger partial charge on any atom is 0.407 e. The Labute approximate surface area is 180 Å². The van der Waals surface area contributed by atoms with Crippen LogP contribution in [0, 0.1) is 0 Å². The van der Waals surface area contributed by atoms with E-state index in [0.29, 0.717) is 32.5 Å². The number of methoxy groups -OCH3 is 1. The Morgan fingerprint density at radius 1 is 1.32 bits per heavy atom.